The Hall–Kier alpha value is -3.12. The number of carbonyl (C=O) groups is 2. The van der Waals surface area contributed by atoms with Crippen LogP contribution in [0.25, 0.3) is 10.1 Å². The topological polar surface area (TPSA) is 112 Å². The summed E-state index contributed by atoms with van der Waals surface area (Å²) in [6, 6.07) is 14.1. The van der Waals surface area contributed by atoms with E-state index in [4.69, 9.17) is 28.0 Å². The van der Waals surface area contributed by atoms with Gasteiger partial charge in [-0.1, -0.05) is 52.6 Å². The van der Waals surface area contributed by atoms with Gasteiger partial charge in [0.25, 0.3) is 5.91 Å². The molecule has 156 valence electrons. The first-order valence-corrected chi connectivity index (χ1v) is 10.6. The van der Waals surface area contributed by atoms with Gasteiger partial charge in [-0.15, -0.1) is 11.3 Å². The van der Waals surface area contributed by atoms with Crippen molar-refractivity contribution in [1.29, 1.82) is 5.26 Å². The lowest BCUT2D eigenvalue weighted by Gasteiger charge is -2.23. The molecule has 1 atom stereocenters. The molecule has 7 nitrogen and oxygen atoms in total. The van der Waals surface area contributed by atoms with Crippen LogP contribution >= 0.6 is 34.5 Å². The largest absolute Gasteiger partial charge is 0.481 e. The number of nitrogens with one attached hydrogen (secondary N) is 1. The molecule has 10 heteroatoms. The van der Waals surface area contributed by atoms with E-state index in [9.17, 15) is 20.0 Å². The second kappa shape index (κ2) is 8.19. The first-order chi connectivity index (χ1) is 14.8. The van der Waals surface area contributed by atoms with Crippen molar-refractivity contribution in [3.8, 4) is 6.07 Å². The number of thiophene rings is 1. The SMILES string of the molecule is N#Cc1c(NC(=O)C2(CC(=O)O)CC(c3ccc(Cl)cc3Cl)=NO2)sc2ccccc12. The molecule has 0 aliphatic carbocycles. The van der Waals surface area contributed by atoms with Crippen LogP contribution in [0, 0.1) is 11.3 Å². The molecule has 1 amide bonds. The molecule has 0 bridgehead atoms. The third-order valence-corrected chi connectivity index (χ3v) is 6.44. The van der Waals surface area contributed by atoms with Gasteiger partial charge in [-0.3, -0.25) is 9.59 Å². The number of halogens is 2. The molecule has 0 saturated heterocycles. The lowest BCUT2D eigenvalue weighted by molar-refractivity contribution is -0.152. The smallest absolute Gasteiger partial charge is 0.308 e. The summed E-state index contributed by atoms with van der Waals surface area (Å²) < 4.78 is 0.818. The van der Waals surface area contributed by atoms with Crippen LogP contribution in [0.4, 0.5) is 5.00 Å². The number of aliphatic carboxylic acids is 1. The minimum Gasteiger partial charge on any atom is -0.481 e. The molecule has 2 heterocycles. The summed E-state index contributed by atoms with van der Waals surface area (Å²) in [4.78, 5) is 30.1. The van der Waals surface area contributed by atoms with Crippen LogP contribution in [0.5, 0.6) is 0 Å². The Morgan fingerprint density at radius 3 is 2.77 bits per heavy atom. The maximum atomic E-state index is 13.2. The molecule has 3 aromatic rings. The summed E-state index contributed by atoms with van der Waals surface area (Å²) in [5, 5.41) is 27.4. The Morgan fingerprint density at radius 1 is 1.29 bits per heavy atom. The molecule has 1 aromatic heterocycles. The Kier molecular flexibility index (Phi) is 5.58. The highest BCUT2D eigenvalue weighted by Gasteiger charge is 2.49. The highest BCUT2D eigenvalue weighted by molar-refractivity contribution is 7.23. The third kappa shape index (κ3) is 3.95. The highest BCUT2D eigenvalue weighted by Crippen LogP contribution is 2.38. The van der Waals surface area contributed by atoms with Gasteiger partial charge in [0.2, 0.25) is 5.60 Å². The summed E-state index contributed by atoms with van der Waals surface area (Å²) in [6.45, 7) is 0. The van der Waals surface area contributed by atoms with Crippen molar-refractivity contribution in [3.05, 3.63) is 63.6 Å². The molecule has 0 spiro atoms. The Morgan fingerprint density at radius 2 is 2.06 bits per heavy atom. The van der Waals surface area contributed by atoms with Crippen LogP contribution in [-0.4, -0.2) is 28.3 Å². The number of benzene rings is 2. The number of carboxylic acids is 1. The van der Waals surface area contributed by atoms with Gasteiger partial charge in [-0.25, -0.2) is 0 Å². The maximum Gasteiger partial charge on any atom is 0.308 e. The zero-order chi connectivity index (χ0) is 22.2. The van der Waals surface area contributed by atoms with E-state index in [1.165, 1.54) is 17.4 Å². The van der Waals surface area contributed by atoms with Crippen molar-refractivity contribution >= 4 is 67.2 Å². The van der Waals surface area contributed by atoms with Crippen LogP contribution < -0.4 is 5.32 Å². The van der Waals surface area contributed by atoms with Crippen LogP contribution in [-0.2, 0) is 14.4 Å². The lowest BCUT2D eigenvalue weighted by atomic mass is 9.90. The van der Waals surface area contributed by atoms with Crippen LogP contribution in [0.1, 0.15) is 24.0 Å². The summed E-state index contributed by atoms with van der Waals surface area (Å²) in [5.41, 5.74) is -0.660. The van der Waals surface area contributed by atoms with E-state index in [-0.39, 0.29) is 6.42 Å². The number of carbonyl (C=O) groups excluding carboxylic acids is 1. The lowest BCUT2D eigenvalue weighted by Crippen LogP contribution is -2.45. The van der Waals surface area contributed by atoms with Gasteiger partial charge in [0.05, 0.1) is 22.7 Å². The molecule has 1 aliphatic rings. The van der Waals surface area contributed by atoms with Gasteiger partial charge < -0.3 is 15.3 Å². The fraction of sp³-hybridized carbons (Fsp3) is 0.143. The molecule has 1 unspecified atom stereocenters. The zero-order valence-electron chi connectivity index (χ0n) is 15.7. The van der Waals surface area contributed by atoms with Gasteiger partial charge >= 0.3 is 5.97 Å². The second-order valence-corrected chi connectivity index (χ2v) is 8.76. The van der Waals surface area contributed by atoms with Crippen LogP contribution in [0.3, 0.4) is 0 Å². The number of hydrogen-bond acceptors (Lipinski definition) is 6. The normalized spacial score (nSPS) is 17.6. The highest BCUT2D eigenvalue weighted by atomic mass is 35.5. The molecule has 2 N–H and O–H groups in total. The second-order valence-electron chi connectivity index (χ2n) is 6.86. The molecule has 0 saturated carbocycles. The molecule has 1 aliphatic heterocycles. The van der Waals surface area contributed by atoms with Gasteiger partial charge in [-0.2, -0.15) is 5.26 Å². The fourth-order valence-corrected chi connectivity index (χ4v) is 4.91. The number of hydrogen-bond donors (Lipinski definition) is 2. The zero-order valence-corrected chi connectivity index (χ0v) is 18.0. The third-order valence-electron chi connectivity index (χ3n) is 4.81. The summed E-state index contributed by atoms with van der Waals surface area (Å²) in [6.07, 6.45) is -0.733. The van der Waals surface area contributed by atoms with Crippen LogP contribution in [0.2, 0.25) is 10.0 Å². The first kappa shape index (κ1) is 21.1. The molecule has 0 fully saturated rings. The maximum absolute atomic E-state index is 13.2. The number of oxime groups is 1. The molecular formula is C21H13Cl2N3O4S. The van der Waals surface area contributed by atoms with E-state index in [0.29, 0.717) is 37.3 Å². The number of rotatable bonds is 5. The van der Waals surface area contributed by atoms with E-state index >= 15 is 0 Å². The quantitative estimate of drug-likeness (QED) is 0.537. The van der Waals surface area contributed by atoms with Crippen molar-refractivity contribution in [2.45, 2.75) is 18.4 Å². The Bertz CT molecular complexity index is 1300. The molecule has 2 aromatic carbocycles. The number of amides is 1. The average molecular weight is 474 g/mol. The number of fused-ring (bicyclic) bond motifs is 1. The van der Waals surface area contributed by atoms with Gasteiger partial charge in [0.15, 0.2) is 0 Å². The number of anilines is 1. The van der Waals surface area contributed by atoms with E-state index in [2.05, 4.69) is 16.5 Å². The predicted molar refractivity (Wildman–Crippen MR) is 119 cm³/mol. The molecule has 0 radical (unpaired) electrons. The fourth-order valence-electron chi connectivity index (χ4n) is 3.35. The van der Waals surface area contributed by atoms with Crippen molar-refractivity contribution in [2.24, 2.45) is 5.16 Å². The van der Waals surface area contributed by atoms with Crippen molar-refractivity contribution in [3.63, 3.8) is 0 Å². The van der Waals surface area contributed by atoms with Crippen molar-refractivity contribution in [1.82, 2.24) is 0 Å². The number of nitrogens with zero attached hydrogens (tertiary/aromatic N) is 2. The minimum absolute atomic E-state index is 0.112. The van der Waals surface area contributed by atoms with E-state index in [1.54, 1.807) is 24.3 Å². The summed E-state index contributed by atoms with van der Waals surface area (Å²) in [5.74, 6) is -1.94. The van der Waals surface area contributed by atoms with E-state index in [0.717, 1.165) is 4.70 Å². The Labute approximate surface area is 190 Å². The average Bonchev–Trinajstić information content (AvgIpc) is 3.29. The molecule has 31 heavy (non-hydrogen) atoms. The number of carboxylic acid groups (broad SMARTS) is 1. The monoisotopic (exact) mass is 473 g/mol. The van der Waals surface area contributed by atoms with E-state index in [1.807, 2.05) is 12.1 Å². The summed E-state index contributed by atoms with van der Waals surface area (Å²) >= 11 is 13.4. The van der Waals surface area contributed by atoms with Gasteiger partial charge in [-0.05, 0) is 18.2 Å². The van der Waals surface area contributed by atoms with Gasteiger partial charge in [0.1, 0.15) is 11.1 Å². The van der Waals surface area contributed by atoms with Crippen LogP contribution in [0.15, 0.2) is 47.6 Å². The molecule has 4 rings (SSSR count). The van der Waals surface area contributed by atoms with E-state index < -0.39 is 23.9 Å². The molecular weight excluding hydrogens is 461 g/mol. The minimum atomic E-state index is -1.78. The standard InChI is InChI=1S/C21H13Cl2N3O4S/c22-11-5-6-13(15(23)7-11)16-8-21(30-26-16,9-18(27)28)20(29)25-19-14(10-24)12-3-1-2-4-17(12)31-19/h1-7H,8-9H2,(H,25,29)(H,27,28). The summed E-state index contributed by atoms with van der Waals surface area (Å²) in [7, 11) is 0. The Balaban J connectivity index is 1.66. The first-order valence-electron chi connectivity index (χ1n) is 8.98. The van der Waals surface area contributed by atoms with Crippen molar-refractivity contribution < 1.29 is 19.5 Å². The predicted octanol–water partition coefficient (Wildman–Crippen LogP) is 5.06. The number of nitriles is 1. The van der Waals surface area contributed by atoms with Crippen molar-refractivity contribution in [2.75, 3.05) is 5.32 Å². The van der Waals surface area contributed by atoms with Gasteiger partial charge in [0, 0.05) is 27.1 Å².